The second kappa shape index (κ2) is 6.09. The smallest absolute Gasteiger partial charge is 0.257 e. The molecule has 6 nitrogen and oxygen atoms in total. The van der Waals surface area contributed by atoms with Crippen LogP contribution in [0.3, 0.4) is 0 Å². The summed E-state index contributed by atoms with van der Waals surface area (Å²) >= 11 is 0. The van der Waals surface area contributed by atoms with Crippen LogP contribution in [0.1, 0.15) is 56.1 Å². The van der Waals surface area contributed by atoms with Crippen molar-refractivity contribution in [3.8, 4) is 0 Å². The van der Waals surface area contributed by atoms with E-state index in [1.165, 1.54) is 0 Å². The van der Waals surface area contributed by atoms with E-state index in [9.17, 15) is 4.79 Å². The Morgan fingerprint density at radius 2 is 2.20 bits per heavy atom. The molecule has 6 heteroatoms. The SMILES string of the molecule is CC(C)(C)Cc1noc2ncc(C(=O)N3CCO[C@H]4CCC[C@@H]43)cc12. The lowest BCUT2D eigenvalue weighted by Crippen LogP contribution is -2.51. The highest BCUT2D eigenvalue weighted by Gasteiger charge is 2.38. The molecule has 2 atom stereocenters. The van der Waals surface area contributed by atoms with Gasteiger partial charge in [0.25, 0.3) is 11.6 Å². The number of carbonyl (C=O) groups excluding carboxylic acids is 1. The largest absolute Gasteiger partial charge is 0.374 e. The third-order valence-corrected chi connectivity index (χ3v) is 5.09. The van der Waals surface area contributed by atoms with Gasteiger partial charge in [-0.15, -0.1) is 0 Å². The topological polar surface area (TPSA) is 68.5 Å². The Morgan fingerprint density at radius 3 is 3.00 bits per heavy atom. The molecule has 1 aliphatic heterocycles. The predicted octanol–water partition coefficient (Wildman–Crippen LogP) is 3.20. The predicted molar refractivity (Wildman–Crippen MR) is 93.4 cm³/mol. The fraction of sp³-hybridized carbons (Fsp3) is 0.632. The fourth-order valence-corrected chi connectivity index (χ4v) is 3.97. The van der Waals surface area contributed by atoms with E-state index in [0.717, 1.165) is 36.8 Å². The van der Waals surface area contributed by atoms with Crippen LogP contribution in [0.25, 0.3) is 11.1 Å². The molecule has 0 radical (unpaired) electrons. The molecule has 1 saturated carbocycles. The number of nitrogens with zero attached hydrogens (tertiary/aromatic N) is 3. The zero-order chi connectivity index (χ0) is 17.6. The Labute approximate surface area is 147 Å². The van der Waals surface area contributed by atoms with Crippen molar-refractivity contribution in [2.75, 3.05) is 13.2 Å². The van der Waals surface area contributed by atoms with Crippen LogP contribution in [0.5, 0.6) is 0 Å². The molecular weight excluding hydrogens is 318 g/mol. The van der Waals surface area contributed by atoms with Crippen LogP contribution in [0.15, 0.2) is 16.8 Å². The third kappa shape index (κ3) is 3.15. The highest BCUT2D eigenvalue weighted by Crippen LogP contribution is 2.31. The zero-order valence-corrected chi connectivity index (χ0v) is 15.1. The van der Waals surface area contributed by atoms with Crippen molar-refractivity contribution in [2.45, 2.75) is 58.6 Å². The van der Waals surface area contributed by atoms with E-state index in [1.54, 1.807) is 6.20 Å². The number of morpholine rings is 1. The molecule has 3 heterocycles. The maximum atomic E-state index is 13.1. The Balaban J connectivity index is 1.64. The van der Waals surface area contributed by atoms with Gasteiger partial charge in [-0.2, -0.15) is 0 Å². The van der Waals surface area contributed by atoms with Crippen LogP contribution in [-0.4, -0.2) is 46.2 Å². The van der Waals surface area contributed by atoms with Gasteiger partial charge in [0.2, 0.25) is 0 Å². The van der Waals surface area contributed by atoms with Gasteiger partial charge in [-0.3, -0.25) is 4.79 Å². The van der Waals surface area contributed by atoms with Crippen molar-refractivity contribution in [2.24, 2.45) is 5.41 Å². The summed E-state index contributed by atoms with van der Waals surface area (Å²) in [5, 5.41) is 5.01. The summed E-state index contributed by atoms with van der Waals surface area (Å²) in [6.45, 7) is 7.74. The van der Waals surface area contributed by atoms with Crippen molar-refractivity contribution in [3.63, 3.8) is 0 Å². The summed E-state index contributed by atoms with van der Waals surface area (Å²) in [6, 6.07) is 2.09. The molecule has 134 valence electrons. The van der Waals surface area contributed by atoms with Crippen LogP contribution in [0.4, 0.5) is 0 Å². The molecule has 2 aromatic rings. The number of hydrogen-bond donors (Lipinski definition) is 0. The number of aromatic nitrogens is 2. The first-order valence-electron chi connectivity index (χ1n) is 9.09. The highest BCUT2D eigenvalue weighted by molar-refractivity contribution is 5.97. The molecule has 0 spiro atoms. The van der Waals surface area contributed by atoms with Gasteiger partial charge in [-0.1, -0.05) is 25.9 Å². The monoisotopic (exact) mass is 343 g/mol. The first-order valence-corrected chi connectivity index (χ1v) is 9.09. The molecule has 1 amide bonds. The van der Waals surface area contributed by atoms with Gasteiger partial charge in [0.15, 0.2) is 0 Å². The molecule has 0 unspecified atom stereocenters. The fourth-order valence-electron chi connectivity index (χ4n) is 3.97. The number of hydrogen-bond acceptors (Lipinski definition) is 5. The number of carbonyl (C=O) groups is 1. The number of ether oxygens (including phenoxy) is 1. The van der Waals surface area contributed by atoms with Crippen molar-refractivity contribution in [3.05, 3.63) is 23.5 Å². The van der Waals surface area contributed by atoms with Gasteiger partial charge >= 0.3 is 0 Å². The quantitative estimate of drug-likeness (QED) is 0.837. The number of rotatable bonds is 2. The molecule has 2 aromatic heterocycles. The summed E-state index contributed by atoms with van der Waals surface area (Å²) in [5.74, 6) is 0.0394. The molecule has 2 fully saturated rings. The second-order valence-corrected chi connectivity index (χ2v) is 8.35. The Hall–Kier alpha value is -1.95. The van der Waals surface area contributed by atoms with Gasteiger partial charge in [0, 0.05) is 12.7 Å². The molecule has 25 heavy (non-hydrogen) atoms. The number of fused-ring (bicyclic) bond motifs is 2. The minimum Gasteiger partial charge on any atom is -0.374 e. The van der Waals surface area contributed by atoms with Gasteiger partial charge in [-0.05, 0) is 37.2 Å². The summed E-state index contributed by atoms with van der Waals surface area (Å²) in [7, 11) is 0. The molecular formula is C19H25N3O3. The number of pyridine rings is 1. The van der Waals surface area contributed by atoms with E-state index in [4.69, 9.17) is 9.26 Å². The summed E-state index contributed by atoms with van der Waals surface area (Å²) in [4.78, 5) is 19.4. The van der Waals surface area contributed by atoms with E-state index in [1.807, 2.05) is 11.0 Å². The van der Waals surface area contributed by atoms with E-state index >= 15 is 0 Å². The van der Waals surface area contributed by atoms with Crippen molar-refractivity contribution >= 4 is 17.0 Å². The summed E-state index contributed by atoms with van der Waals surface area (Å²) < 4.78 is 11.2. The van der Waals surface area contributed by atoms with E-state index in [-0.39, 0.29) is 23.5 Å². The molecule has 1 saturated heterocycles. The minimum atomic E-state index is 0.0394. The number of amides is 1. The molecule has 2 aliphatic rings. The Kier molecular flexibility index (Phi) is 4.02. The molecule has 0 bridgehead atoms. The maximum Gasteiger partial charge on any atom is 0.257 e. The van der Waals surface area contributed by atoms with Crippen LogP contribution in [0, 0.1) is 5.41 Å². The van der Waals surface area contributed by atoms with Gasteiger partial charge < -0.3 is 14.2 Å². The highest BCUT2D eigenvalue weighted by atomic mass is 16.5. The molecule has 4 rings (SSSR count). The standard InChI is InChI=1S/C19H25N3O3/c1-19(2,3)10-14-13-9-12(11-20-17(13)25-21-14)18(23)22-7-8-24-16-6-4-5-15(16)22/h9,11,15-16H,4-8,10H2,1-3H3/t15-,16-/m0/s1. The normalized spacial score (nSPS) is 23.9. The van der Waals surface area contributed by atoms with E-state index in [0.29, 0.717) is 24.4 Å². The van der Waals surface area contributed by atoms with E-state index < -0.39 is 0 Å². The van der Waals surface area contributed by atoms with E-state index in [2.05, 4.69) is 30.9 Å². The third-order valence-electron chi connectivity index (χ3n) is 5.09. The van der Waals surface area contributed by atoms with Gasteiger partial charge in [0.05, 0.1) is 35.4 Å². The van der Waals surface area contributed by atoms with Crippen LogP contribution >= 0.6 is 0 Å². The average molecular weight is 343 g/mol. The van der Waals surface area contributed by atoms with Crippen LogP contribution in [-0.2, 0) is 11.2 Å². The summed E-state index contributed by atoms with van der Waals surface area (Å²) in [5.41, 5.74) is 2.06. The first kappa shape index (κ1) is 16.5. The maximum absolute atomic E-state index is 13.1. The Bertz CT molecular complexity index is 793. The molecule has 0 aromatic carbocycles. The Morgan fingerprint density at radius 1 is 1.36 bits per heavy atom. The first-order chi connectivity index (χ1) is 11.9. The van der Waals surface area contributed by atoms with Crippen LogP contribution < -0.4 is 0 Å². The molecule has 1 aliphatic carbocycles. The second-order valence-electron chi connectivity index (χ2n) is 8.35. The van der Waals surface area contributed by atoms with Crippen molar-refractivity contribution < 1.29 is 14.1 Å². The van der Waals surface area contributed by atoms with Gasteiger partial charge in [-0.25, -0.2) is 4.98 Å². The zero-order valence-electron chi connectivity index (χ0n) is 15.1. The molecule has 0 N–H and O–H groups in total. The summed E-state index contributed by atoms with van der Waals surface area (Å²) in [6.07, 6.45) is 5.78. The van der Waals surface area contributed by atoms with Crippen molar-refractivity contribution in [1.82, 2.24) is 15.0 Å². The van der Waals surface area contributed by atoms with Crippen molar-refractivity contribution in [1.29, 1.82) is 0 Å². The average Bonchev–Trinajstić information content (AvgIpc) is 3.19. The van der Waals surface area contributed by atoms with Crippen LogP contribution in [0.2, 0.25) is 0 Å². The van der Waals surface area contributed by atoms with Gasteiger partial charge in [0.1, 0.15) is 0 Å². The minimum absolute atomic E-state index is 0.0394. The lowest BCUT2D eigenvalue weighted by atomic mass is 9.89. The lowest BCUT2D eigenvalue weighted by molar-refractivity contribution is -0.0445. The lowest BCUT2D eigenvalue weighted by Gasteiger charge is -2.37.